The van der Waals surface area contributed by atoms with Crippen molar-refractivity contribution in [3.8, 4) is 0 Å². The van der Waals surface area contributed by atoms with Gasteiger partial charge in [-0.05, 0) is 111 Å². The first-order valence-electron chi connectivity index (χ1n) is 16.9. The lowest BCUT2D eigenvalue weighted by Gasteiger charge is -2.44. The van der Waals surface area contributed by atoms with Crippen molar-refractivity contribution in [2.45, 2.75) is 134 Å². The average molecular weight is 611 g/mol. The van der Waals surface area contributed by atoms with Crippen molar-refractivity contribution in [2.24, 2.45) is 23.2 Å². The molecule has 0 spiro atoms. The summed E-state index contributed by atoms with van der Waals surface area (Å²) >= 11 is 1.83. The number of carbonyl (C=O) groups is 1. The number of hydrogen-bond acceptors (Lipinski definition) is 6. The normalized spacial score (nSPS) is 33.3. The van der Waals surface area contributed by atoms with E-state index < -0.39 is 12.2 Å². The number of ether oxygens (including phenoxy) is 1. The van der Waals surface area contributed by atoms with Gasteiger partial charge in [0.15, 0.2) is 0 Å². The highest BCUT2D eigenvalue weighted by Gasteiger charge is 2.56. The van der Waals surface area contributed by atoms with Crippen molar-refractivity contribution >= 4 is 17.4 Å². The highest BCUT2D eigenvalue weighted by Crippen LogP contribution is 2.60. The average Bonchev–Trinajstić information content (AvgIpc) is 3.50. The van der Waals surface area contributed by atoms with Crippen LogP contribution in [0.2, 0.25) is 0 Å². The van der Waals surface area contributed by atoms with Crippen LogP contribution in [0.15, 0.2) is 41.6 Å². The van der Waals surface area contributed by atoms with Gasteiger partial charge in [0.1, 0.15) is 11.1 Å². The van der Waals surface area contributed by atoms with Crippen LogP contribution < -0.4 is 5.32 Å². The number of aliphatic hydroxyl groups is 2. The molecule has 5 rings (SSSR count). The summed E-state index contributed by atoms with van der Waals surface area (Å²) in [6, 6.07) is 0. The molecule has 7 atom stereocenters. The summed E-state index contributed by atoms with van der Waals surface area (Å²) in [4.78, 5) is 18.7. The molecular formula is C36H54N2O4S. The zero-order valence-electron chi connectivity index (χ0n) is 26.9. The Hall–Kier alpha value is -1.96. The molecule has 238 valence electrons. The van der Waals surface area contributed by atoms with E-state index in [1.165, 1.54) is 49.0 Å². The number of aromatic nitrogens is 1. The molecule has 0 aromatic carbocycles. The molecule has 4 fully saturated rings. The van der Waals surface area contributed by atoms with Crippen LogP contribution in [0.3, 0.4) is 0 Å². The predicted octanol–water partition coefficient (Wildman–Crippen LogP) is 7.80. The fourth-order valence-electron chi connectivity index (χ4n) is 8.74. The van der Waals surface area contributed by atoms with Crippen LogP contribution in [0, 0.1) is 23.2 Å². The maximum atomic E-state index is 12.5. The monoisotopic (exact) mass is 610 g/mol. The Kier molecular flexibility index (Phi) is 10.2. The Morgan fingerprint density at radius 3 is 2.77 bits per heavy atom. The minimum Gasteiger partial charge on any atom is -0.445 e. The lowest BCUT2D eigenvalue weighted by atomic mass is 9.60. The summed E-state index contributed by atoms with van der Waals surface area (Å²) in [7, 11) is 1.64. The van der Waals surface area contributed by atoms with E-state index in [1.807, 2.05) is 17.5 Å². The van der Waals surface area contributed by atoms with Crippen LogP contribution in [0.25, 0.3) is 0 Å². The number of nitrogens with one attached hydrogen (secondary N) is 1. The molecule has 0 bridgehead atoms. The summed E-state index contributed by atoms with van der Waals surface area (Å²) in [5.41, 5.74) is 3.42. The first-order chi connectivity index (χ1) is 20.6. The lowest BCUT2D eigenvalue weighted by molar-refractivity contribution is 0.0533. The van der Waals surface area contributed by atoms with Crippen LogP contribution in [0.1, 0.15) is 114 Å². The van der Waals surface area contributed by atoms with E-state index in [-0.39, 0.29) is 23.0 Å². The number of nitrogens with zero attached hydrogens (tertiary/aromatic N) is 1. The van der Waals surface area contributed by atoms with Crippen molar-refractivity contribution in [2.75, 3.05) is 7.05 Å². The van der Waals surface area contributed by atoms with Crippen LogP contribution in [0.5, 0.6) is 0 Å². The molecule has 43 heavy (non-hydrogen) atoms. The number of aryl methyl sites for hydroxylation is 1. The van der Waals surface area contributed by atoms with Crippen LogP contribution >= 0.6 is 11.3 Å². The second-order valence-electron chi connectivity index (χ2n) is 14.3. The van der Waals surface area contributed by atoms with Gasteiger partial charge in [-0.3, -0.25) is 0 Å². The summed E-state index contributed by atoms with van der Waals surface area (Å²) in [5.74, 6) is 1.75. The molecule has 7 heteroatoms. The third-order valence-electron chi connectivity index (χ3n) is 11.5. The number of hydrogen-bond donors (Lipinski definition) is 3. The molecule has 4 saturated carbocycles. The van der Waals surface area contributed by atoms with Gasteiger partial charge in [-0.1, -0.05) is 51.5 Å². The van der Waals surface area contributed by atoms with E-state index in [0.29, 0.717) is 30.6 Å². The zero-order valence-corrected chi connectivity index (χ0v) is 27.7. The molecule has 0 radical (unpaired) electrons. The largest absolute Gasteiger partial charge is 0.445 e. The second-order valence-corrected chi connectivity index (χ2v) is 15.4. The number of unbranched alkanes of at least 4 members (excludes halogenated alkanes) is 1. The van der Waals surface area contributed by atoms with E-state index in [1.54, 1.807) is 7.05 Å². The SMILES string of the molecule is C=C1C(=CC=C2CCC[C@]3(C)[C@@H]([C@H](C)CC[C@@H](OC(=O)NC)C4(c5ncc(CCCC)s5)CC4)CC[C@@H]23)C[C@@H](O)C[C@@H]1O. The Labute approximate surface area is 263 Å². The van der Waals surface area contributed by atoms with Gasteiger partial charge >= 0.3 is 6.09 Å². The Balaban J connectivity index is 1.27. The number of thiazole rings is 1. The number of alkyl carbamates (subject to hydrolysis) is 1. The quantitative estimate of drug-likeness (QED) is 0.238. The molecule has 4 aliphatic carbocycles. The molecule has 0 saturated heterocycles. The van der Waals surface area contributed by atoms with Crippen molar-refractivity contribution in [3.63, 3.8) is 0 Å². The van der Waals surface area contributed by atoms with E-state index in [0.717, 1.165) is 54.7 Å². The summed E-state index contributed by atoms with van der Waals surface area (Å²) in [5, 5.41) is 24.3. The molecule has 1 aromatic rings. The van der Waals surface area contributed by atoms with Crippen LogP contribution in [0.4, 0.5) is 4.79 Å². The van der Waals surface area contributed by atoms with Crippen molar-refractivity contribution < 1.29 is 19.7 Å². The smallest absolute Gasteiger partial charge is 0.407 e. The van der Waals surface area contributed by atoms with E-state index in [2.05, 4.69) is 44.8 Å². The van der Waals surface area contributed by atoms with Gasteiger partial charge in [0, 0.05) is 24.5 Å². The molecule has 1 amide bonds. The number of aliphatic hydroxyl groups excluding tert-OH is 2. The number of allylic oxidation sites excluding steroid dienone is 3. The minimum absolute atomic E-state index is 0.123. The number of amides is 1. The van der Waals surface area contributed by atoms with Gasteiger partial charge in [0.2, 0.25) is 0 Å². The van der Waals surface area contributed by atoms with Crippen molar-refractivity contribution in [1.82, 2.24) is 10.3 Å². The van der Waals surface area contributed by atoms with Gasteiger partial charge in [0.05, 0.1) is 17.6 Å². The second kappa shape index (κ2) is 13.6. The molecule has 1 aromatic heterocycles. The predicted molar refractivity (Wildman–Crippen MR) is 174 cm³/mol. The number of carbonyl (C=O) groups excluding carboxylic acids is 1. The van der Waals surface area contributed by atoms with Crippen LogP contribution in [-0.4, -0.2) is 46.6 Å². The number of rotatable bonds is 11. The molecule has 0 aliphatic heterocycles. The first kappa shape index (κ1) is 32.4. The van der Waals surface area contributed by atoms with Crippen molar-refractivity contribution in [3.05, 3.63) is 51.5 Å². The van der Waals surface area contributed by atoms with Gasteiger partial charge in [0.25, 0.3) is 0 Å². The number of fused-ring (bicyclic) bond motifs is 1. The van der Waals surface area contributed by atoms with Crippen molar-refractivity contribution in [1.29, 1.82) is 0 Å². The lowest BCUT2D eigenvalue weighted by Crippen LogP contribution is -2.38. The molecule has 6 nitrogen and oxygen atoms in total. The summed E-state index contributed by atoms with van der Waals surface area (Å²) in [6.07, 6.45) is 19.3. The topological polar surface area (TPSA) is 91.7 Å². The molecule has 4 aliphatic rings. The Morgan fingerprint density at radius 2 is 2.05 bits per heavy atom. The van der Waals surface area contributed by atoms with E-state index in [9.17, 15) is 15.0 Å². The highest BCUT2D eigenvalue weighted by atomic mass is 32.1. The Morgan fingerprint density at radius 1 is 1.26 bits per heavy atom. The fourth-order valence-corrected chi connectivity index (χ4v) is 9.99. The standard InChI is InChI=1S/C36H54N2O4S/c1-6-7-10-28-22-38-33(43-28)36(18-19-36)32(42-34(41)37-5)16-11-23(2)29-14-15-30-25(9-8-17-35(29,30)4)12-13-26-20-27(39)21-31(40)24(26)3/h12-13,22-23,27,29-32,39-40H,3,6-11,14-21H2,1-2,4-5H3,(H,37,41)/t23-,27-,29-,30+,31+,32-,35-/m1/s1. The molecule has 0 unspecified atom stereocenters. The van der Waals surface area contributed by atoms with Gasteiger partial charge in [-0.2, -0.15) is 0 Å². The minimum atomic E-state index is -0.647. The van der Waals surface area contributed by atoms with E-state index >= 15 is 0 Å². The third-order valence-corrected chi connectivity index (χ3v) is 12.8. The Bertz CT molecular complexity index is 1220. The summed E-state index contributed by atoms with van der Waals surface area (Å²) in [6.45, 7) is 11.3. The molecule has 3 N–H and O–H groups in total. The molecule has 1 heterocycles. The maximum absolute atomic E-state index is 12.5. The van der Waals surface area contributed by atoms with Gasteiger partial charge in [-0.25, -0.2) is 9.78 Å². The fraction of sp³-hybridized carbons (Fsp3) is 0.722. The van der Waals surface area contributed by atoms with Gasteiger partial charge in [-0.15, -0.1) is 11.3 Å². The third kappa shape index (κ3) is 6.84. The maximum Gasteiger partial charge on any atom is 0.407 e. The highest BCUT2D eigenvalue weighted by molar-refractivity contribution is 7.11. The van der Waals surface area contributed by atoms with E-state index in [4.69, 9.17) is 9.72 Å². The first-order valence-corrected chi connectivity index (χ1v) is 17.7. The summed E-state index contributed by atoms with van der Waals surface area (Å²) < 4.78 is 6.11. The van der Waals surface area contributed by atoms with Gasteiger partial charge < -0.3 is 20.3 Å². The van der Waals surface area contributed by atoms with Crippen LogP contribution in [-0.2, 0) is 16.6 Å². The molecular weight excluding hydrogens is 556 g/mol. The zero-order chi connectivity index (χ0) is 30.8.